The molecule has 2 fully saturated rings. The lowest BCUT2D eigenvalue weighted by molar-refractivity contribution is -0.127. The third-order valence-corrected chi connectivity index (χ3v) is 6.12. The molecule has 0 bridgehead atoms. The first-order valence-corrected chi connectivity index (χ1v) is 10.9. The number of carbonyl (C=O) groups is 1. The number of guanidine groups is 1. The van der Waals surface area contributed by atoms with Gasteiger partial charge in [-0.1, -0.05) is 26.7 Å². The Labute approximate surface area is 189 Å². The van der Waals surface area contributed by atoms with Crippen LogP contribution in [0.1, 0.15) is 58.8 Å². The van der Waals surface area contributed by atoms with E-state index in [1.54, 1.807) is 19.0 Å². The van der Waals surface area contributed by atoms with Gasteiger partial charge in [-0.25, -0.2) is 4.99 Å². The average molecular weight is 508 g/mol. The number of likely N-dealkylation sites (N-methyl/N-ethyl adjacent to an activating group) is 1. The standard InChI is InChI=1S/C21H41N5O.HI/c1-17-10-14-26(15-11-17)13-7-12-22-21(23-16-20(27)25(3)4)24-19-9-6-5-8-18(19)2;/h17-19H,5-16H2,1-4H3,(H2,22,23,24);1H. The van der Waals surface area contributed by atoms with Crippen molar-refractivity contribution >= 4 is 35.8 Å². The molecule has 2 rings (SSSR count). The summed E-state index contributed by atoms with van der Waals surface area (Å²) >= 11 is 0. The maximum absolute atomic E-state index is 11.9. The smallest absolute Gasteiger partial charge is 0.243 e. The molecule has 1 saturated carbocycles. The number of nitrogens with one attached hydrogen (secondary N) is 2. The van der Waals surface area contributed by atoms with Crippen molar-refractivity contribution in [3.63, 3.8) is 0 Å². The highest BCUT2D eigenvalue weighted by molar-refractivity contribution is 14.0. The number of carbonyl (C=O) groups excluding carboxylic acids is 1. The minimum Gasteiger partial charge on any atom is -0.356 e. The fourth-order valence-corrected chi connectivity index (χ4v) is 3.94. The summed E-state index contributed by atoms with van der Waals surface area (Å²) < 4.78 is 0. The van der Waals surface area contributed by atoms with E-state index >= 15 is 0 Å². The van der Waals surface area contributed by atoms with E-state index in [9.17, 15) is 4.79 Å². The summed E-state index contributed by atoms with van der Waals surface area (Å²) in [7, 11) is 3.56. The van der Waals surface area contributed by atoms with Crippen LogP contribution in [-0.2, 0) is 4.79 Å². The van der Waals surface area contributed by atoms with Crippen molar-refractivity contribution in [3.05, 3.63) is 0 Å². The van der Waals surface area contributed by atoms with Crippen molar-refractivity contribution in [2.45, 2.75) is 64.8 Å². The molecule has 7 heteroatoms. The van der Waals surface area contributed by atoms with E-state index in [4.69, 9.17) is 0 Å². The zero-order chi connectivity index (χ0) is 19.6. The summed E-state index contributed by atoms with van der Waals surface area (Å²) in [5.41, 5.74) is 0. The molecule has 1 aliphatic carbocycles. The lowest BCUT2D eigenvalue weighted by Gasteiger charge is -2.31. The van der Waals surface area contributed by atoms with E-state index in [0.29, 0.717) is 12.0 Å². The van der Waals surface area contributed by atoms with Crippen LogP contribution in [0.5, 0.6) is 0 Å². The van der Waals surface area contributed by atoms with E-state index in [0.717, 1.165) is 31.4 Å². The quantitative estimate of drug-likeness (QED) is 0.241. The molecule has 2 atom stereocenters. The second kappa shape index (κ2) is 13.6. The van der Waals surface area contributed by atoms with Crippen LogP contribution in [0.3, 0.4) is 0 Å². The van der Waals surface area contributed by atoms with Gasteiger partial charge >= 0.3 is 0 Å². The molecule has 1 aliphatic heterocycles. The van der Waals surface area contributed by atoms with Gasteiger partial charge in [0, 0.05) is 26.7 Å². The molecule has 2 unspecified atom stereocenters. The van der Waals surface area contributed by atoms with Gasteiger partial charge in [-0.3, -0.25) is 4.79 Å². The molecule has 2 aliphatic rings. The molecule has 0 aromatic carbocycles. The predicted molar refractivity (Wildman–Crippen MR) is 128 cm³/mol. The Bertz CT molecular complexity index is 477. The normalized spacial score (nSPS) is 24.4. The molecule has 2 N–H and O–H groups in total. The second-order valence-corrected chi connectivity index (χ2v) is 8.77. The maximum atomic E-state index is 11.9. The van der Waals surface area contributed by atoms with Crippen molar-refractivity contribution in [1.29, 1.82) is 0 Å². The van der Waals surface area contributed by atoms with Crippen molar-refractivity contribution in [3.8, 4) is 0 Å². The summed E-state index contributed by atoms with van der Waals surface area (Å²) in [4.78, 5) is 20.7. The van der Waals surface area contributed by atoms with E-state index < -0.39 is 0 Å². The van der Waals surface area contributed by atoms with Gasteiger partial charge in [0.25, 0.3) is 0 Å². The Kier molecular flexibility index (Phi) is 12.4. The van der Waals surface area contributed by atoms with Crippen molar-refractivity contribution in [2.75, 3.05) is 46.8 Å². The van der Waals surface area contributed by atoms with Crippen LogP contribution in [0.25, 0.3) is 0 Å². The number of piperidine rings is 1. The van der Waals surface area contributed by atoms with Crippen LogP contribution >= 0.6 is 24.0 Å². The Morgan fingerprint density at radius 1 is 1.11 bits per heavy atom. The van der Waals surface area contributed by atoms with Gasteiger partial charge in [0.2, 0.25) is 5.91 Å². The minimum absolute atomic E-state index is 0. The van der Waals surface area contributed by atoms with Crippen LogP contribution in [0.15, 0.2) is 4.99 Å². The molecule has 28 heavy (non-hydrogen) atoms. The van der Waals surface area contributed by atoms with Crippen LogP contribution in [0.2, 0.25) is 0 Å². The molecule has 0 spiro atoms. The molecule has 0 radical (unpaired) electrons. The summed E-state index contributed by atoms with van der Waals surface area (Å²) in [5.74, 6) is 2.38. The molecule has 0 aromatic rings. The molecule has 6 nitrogen and oxygen atoms in total. The third kappa shape index (κ3) is 9.29. The summed E-state index contributed by atoms with van der Waals surface area (Å²) in [5, 5.41) is 7.07. The maximum Gasteiger partial charge on any atom is 0.243 e. The summed E-state index contributed by atoms with van der Waals surface area (Å²) in [6, 6.07) is 0.461. The molecule has 1 saturated heterocycles. The van der Waals surface area contributed by atoms with Gasteiger partial charge in [0.15, 0.2) is 5.96 Å². The fraction of sp³-hybridized carbons (Fsp3) is 0.905. The molecule has 0 aromatic heterocycles. The monoisotopic (exact) mass is 507 g/mol. The number of amides is 1. The topological polar surface area (TPSA) is 60.0 Å². The number of rotatable bonds is 7. The molecule has 164 valence electrons. The van der Waals surface area contributed by atoms with Gasteiger partial charge in [0.05, 0.1) is 0 Å². The first-order chi connectivity index (χ1) is 13.0. The molecule has 1 heterocycles. The van der Waals surface area contributed by atoms with Crippen molar-refractivity contribution < 1.29 is 4.79 Å². The van der Waals surface area contributed by atoms with Crippen LogP contribution in [0.4, 0.5) is 0 Å². The highest BCUT2D eigenvalue weighted by atomic mass is 127. The molecular weight excluding hydrogens is 465 g/mol. The number of nitrogens with zero attached hydrogens (tertiary/aromatic N) is 3. The van der Waals surface area contributed by atoms with Gasteiger partial charge in [-0.2, -0.15) is 0 Å². The number of hydrogen-bond acceptors (Lipinski definition) is 3. The Morgan fingerprint density at radius 3 is 2.43 bits per heavy atom. The number of likely N-dealkylation sites (tertiary alicyclic amines) is 1. The Hall–Kier alpha value is -0.570. The molecule has 1 amide bonds. The highest BCUT2D eigenvalue weighted by Crippen LogP contribution is 2.23. The van der Waals surface area contributed by atoms with Gasteiger partial charge in [-0.15, -0.1) is 24.0 Å². The second-order valence-electron chi connectivity index (χ2n) is 8.77. The van der Waals surface area contributed by atoms with E-state index in [1.165, 1.54) is 51.6 Å². The number of hydrogen-bond donors (Lipinski definition) is 2. The van der Waals surface area contributed by atoms with E-state index in [2.05, 4.69) is 34.4 Å². The first-order valence-electron chi connectivity index (χ1n) is 10.9. The van der Waals surface area contributed by atoms with E-state index in [-0.39, 0.29) is 36.4 Å². The Balaban J connectivity index is 0.00000392. The van der Waals surface area contributed by atoms with Gasteiger partial charge in [0.1, 0.15) is 6.54 Å². The SMILES string of the molecule is CC1CCN(CCCNC(=NCC(=O)N(C)C)NC2CCCCC2C)CC1.I. The predicted octanol–water partition coefficient (Wildman–Crippen LogP) is 2.93. The lowest BCUT2D eigenvalue weighted by Crippen LogP contribution is -2.48. The van der Waals surface area contributed by atoms with Gasteiger partial charge in [-0.05, 0) is 63.6 Å². The highest BCUT2D eigenvalue weighted by Gasteiger charge is 2.22. The first kappa shape index (κ1) is 25.5. The van der Waals surface area contributed by atoms with E-state index in [1.807, 2.05) is 0 Å². The average Bonchev–Trinajstić information content (AvgIpc) is 2.65. The van der Waals surface area contributed by atoms with Crippen LogP contribution < -0.4 is 10.6 Å². The fourth-order valence-electron chi connectivity index (χ4n) is 3.94. The lowest BCUT2D eigenvalue weighted by atomic mass is 9.86. The van der Waals surface area contributed by atoms with Crippen molar-refractivity contribution in [1.82, 2.24) is 20.4 Å². The van der Waals surface area contributed by atoms with Crippen molar-refractivity contribution in [2.24, 2.45) is 16.8 Å². The summed E-state index contributed by atoms with van der Waals surface area (Å²) in [6.07, 6.45) is 8.83. The van der Waals surface area contributed by atoms with Crippen LogP contribution in [-0.4, -0.2) is 74.5 Å². The third-order valence-electron chi connectivity index (χ3n) is 6.12. The Morgan fingerprint density at radius 2 is 1.79 bits per heavy atom. The van der Waals surface area contributed by atoms with Crippen LogP contribution in [0, 0.1) is 11.8 Å². The zero-order valence-electron chi connectivity index (χ0n) is 18.4. The van der Waals surface area contributed by atoms with Gasteiger partial charge < -0.3 is 20.4 Å². The number of aliphatic imine (C=N–C) groups is 1. The molecular formula is C21H42IN5O. The largest absolute Gasteiger partial charge is 0.356 e. The summed E-state index contributed by atoms with van der Waals surface area (Å²) in [6.45, 7) is 9.38. The minimum atomic E-state index is 0. The number of halogens is 1. The zero-order valence-corrected chi connectivity index (χ0v) is 20.7.